The molecule has 40 heavy (non-hydrogen) atoms. The SMILES string of the molecule is CCC/C(=C\c1cc(I)c(O)c(OC)c1)CC[C@H]1OC[C@H]2C1=C(COC)C[C@H]1C(=O)N(c3ccccc3)C(=O)[C@H]12. The van der Waals surface area contributed by atoms with E-state index in [4.69, 9.17) is 14.2 Å². The third kappa shape index (κ3) is 5.45. The number of anilines is 1. The van der Waals surface area contributed by atoms with Crippen LogP contribution in [0.15, 0.2) is 59.2 Å². The van der Waals surface area contributed by atoms with Gasteiger partial charge >= 0.3 is 0 Å². The van der Waals surface area contributed by atoms with Gasteiger partial charge in [-0.1, -0.05) is 43.2 Å². The maximum Gasteiger partial charge on any atom is 0.238 e. The van der Waals surface area contributed by atoms with Crippen molar-refractivity contribution in [2.24, 2.45) is 17.8 Å². The Hall–Kier alpha value is -2.69. The normalized spacial score (nSPS) is 24.5. The molecule has 4 atom stereocenters. The molecule has 2 fully saturated rings. The number of phenols is 1. The van der Waals surface area contributed by atoms with Crippen molar-refractivity contribution in [3.63, 3.8) is 0 Å². The highest BCUT2D eigenvalue weighted by Gasteiger charge is 2.57. The minimum atomic E-state index is -0.398. The number of imide groups is 1. The van der Waals surface area contributed by atoms with Gasteiger partial charge < -0.3 is 19.3 Å². The van der Waals surface area contributed by atoms with Crippen LogP contribution in [0.3, 0.4) is 0 Å². The molecule has 8 heteroatoms. The summed E-state index contributed by atoms with van der Waals surface area (Å²) in [6.45, 7) is 3.04. The molecule has 3 aliphatic rings. The van der Waals surface area contributed by atoms with Gasteiger partial charge in [0.25, 0.3) is 0 Å². The number of amides is 2. The first kappa shape index (κ1) is 28.8. The van der Waals surface area contributed by atoms with Crippen LogP contribution < -0.4 is 9.64 Å². The van der Waals surface area contributed by atoms with Crippen LogP contribution in [0.4, 0.5) is 5.69 Å². The average molecular weight is 658 g/mol. The first-order valence-corrected chi connectivity index (χ1v) is 15.0. The Morgan fingerprint density at radius 1 is 1.12 bits per heavy atom. The summed E-state index contributed by atoms with van der Waals surface area (Å²) in [4.78, 5) is 28.6. The number of carbonyl (C=O) groups excluding carboxylic acids is 2. The van der Waals surface area contributed by atoms with E-state index in [1.165, 1.54) is 10.5 Å². The quantitative estimate of drug-likeness (QED) is 0.188. The van der Waals surface area contributed by atoms with Crippen LogP contribution in [0.1, 0.15) is 44.6 Å². The molecule has 0 aromatic heterocycles. The fourth-order valence-electron chi connectivity index (χ4n) is 6.59. The molecule has 2 saturated heterocycles. The Bertz CT molecular complexity index is 1340. The second kappa shape index (κ2) is 12.4. The Kier molecular flexibility index (Phi) is 8.97. The molecule has 5 rings (SSSR count). The summed E-state index contributed by atoms with van der Waals surface area (Å²) in [5.74, 6) is -0.511. The van der Waals surface area contributed by atoms with Crippen LogP contribution in [0.2, 0.25) is 0 Å². The molecule has 7 nitrogen and oxygen atoms in total. The van der Waals surface area contributed by atoms with Gasteiger partial charge in [-0.3, -0.25) is 14.5 Å². The van der Waals surface area contributed by atoms with E-state index in [-0.39, 0.29) is 35.5 Å². The van der Waals surface area contributed by atoms with Crippen molar-refractivity contribution in [2.45, 2.75) is 45.1 Å². The average Bonchev–Trinajstić information content (AvgIpc) is 3.48. The summed E-state index contributed by atoms with van der Waals surface area (Å²) in [6, 6.07) is 13.0. The third-order valence-electron chi connectivity index (χ3n) is 8.28. The zero-order valence-corrected chi connectivity index (χ0v) is 25.3. The third-order valence-corrected chi connectivity index (χ3v) is 9.10. The van der Waals surface area contributed by atoms with Gasteiger partial charge in [-0.25, -0.2) is 0 Å². The number of benzene rings is 2. The number of aromatic hydroxyl groups is 1. The van der Waals surface area contributed by atoms with E-state index >= 15 is 0 Å². The standard InChI is InChI=1S/C32H36INO6/c1-4-8-19(13-20-14-25(33)30(35)27(15-20)39-3)11-12-26-28-21(17-38-2)16-23-29(24(28)18-40-26)32(37)34(31(23)36)22-9-6-5-7-10-22/h5-7,9-10,13-15,23-24,26,29,35H,4,8,11-12,16-18H2,1-3H3/b19-13+/t23-,24+,26-,29-/m1/s1. The first-order chi connectivity index (χ1) is 19.4. The van der Waals surface area contributed by atoms with Crippen LogP contribution in [0.25, 0.3) is 6.08 Å². The van der Waals surface area contributed by atoms with E-state index in [2.05, 4.69) is 35.6 Å². The Morgan fingerprint density at radius 3 is 2.60 bits per heavy atom. The molecule has 0 bridgehead atoms. The first-order valence-electron chi connectivity index (χ1n) is 13.9. The highest BCUT2D eigenvalue weighted by Crippen LogP contribution is 2.50. The topological polar surface area (TPSA) is 85.3 Å². The van der Waals surface area contributed by atoms with E-state index in [0.717, 1.165) is 46.0 Å². The maximum absolute atomic E-state index is 13.7. The number of halogens is 1. The molecule has 2 heterocycles. The highest BCUT2D eigenvalue weighted by molar-refractivity contribution is 14.1. The van der Waals surface area contributed by atoms with E-state index in [1.54, 1.807) is 14.2 Å². The summed E-state index contributed by atoms with van der Waals surface area (Å²) in [5.41, 5.74) is 5.18. The highest BCUT2D eigenvalue weighted by atomic mass is 127. The fourth-order valence-corrected chi connectivity index (χ4v) is 7.21. The molecule has 2 aliphatic heterocycles. The fraction of sp³-hybridized carbons (Fsp3) is 0.438. The predicted octanol–water partition coefficient (Wildman–Crippen LogP) is 6.14. The van der Waals surface area contributed by atoms with Crippen LogP contribution in [0.5, 0.6) is 11.5 Å². The molecule has 1 aliphatic carbocycles. The van der Waals surface area contributed by atoms with Gasteiger partial charge in [-0.2, -0.15) is 0 Å². The van der Waals surface area contributed by atoms with Crippen molar-refractivity contribution in [1.29, 1.82) is 0 Å². The van der Waals surface area contributed by atoms with Gasteiger partial charge in [0.05, 0.1) is 47.5 Å². The van der Waals surface area contributed by atoms with Crippen molar-refractivity contribution >= 4 is 46.2 Å². The number of ether oxygens (including phenoxy) is 3. The van der Waals surface area contributed by atoms with Crippen molar-refractivity contribution in [3.05, 3.63) is 68.3 Å². The molecule has 0 spiro atoms. The minimum absolute atomic E-state index is 0.111. The van der Waals surface area contributed by atoms with Crippen LogP contribution in [0, 0.1) is 21.3 Å². The molecule has 0 unspecified atom stereocenters. The van der Waals surface area contributed by atoms with Crippen molar-refractivity contribution in [2.75, 3.05) is 32.3 Å². The molecule has 0 saturated carbocycles. The Labute approximate surface area is 249 Å². The number of allylic oxidation sites excluding steroid dienone is 1. The van der Waals surface area contributed by atoms with Crippen LogP contribution in [-0.2, 0) is 19.1 Å². The van der Waals surface area contributed by atoms with Crippen molar-refractivity contribution in [3.8, 4) is 11.5 Å². The van der Waals surface area contributed by atoms with E-state index in [1.807, 2.05) is 42.5 Å². The summed E-state index contributed by atoms with van der Waals surface area (Å²) < 4.78 is 18.1. The van der Waals surface area contributed by atoms with Gasteiger partial charge in [0.1, 0.15) is 0 Å². The van der Waals surface area contributed by atoms with Gasteiger partial charge in [0, 0.05) is 13.0 Å². The lowest BCUT2D eigenvalue weighted by Crippen LogP contribution is -2.35. The summed E-state index contributed by atoms with van der Waals surface area (Å²) >= 11 is 2.12. The molecular weight excluding hydrogens is 621 g/mol. The number of hydrogen-bond donors (Lipinski definition) is 1. The van der Waals surface area contributed by atoms with Gasteiger partial charge in [0.15, 0.2) is 11.5 Å². The lowest BCUT2D eigenvalue weighted by molar-refractivity contribution is -0.122. The molecule has 2 amide bonds. The minimum Gasteiger partial charge on any atom is -0.504 e. The second-order valence-corrected chi connectivity index (χ2v) is 11.9. The molecular formula is C32H36INO6. The number of carbonyl (C=O) groups is 2. The summed E-state index contributed by atoms with van der Waals surface area (Å²) in [7, 11) is 3.23. The Balaban J connectivity index is 1.39. The predicted molar refractivity (Wildman–Crippen MR) is 162 cm³/mol. The largest absolute Gasteiger partial charge is 0.504 e. The number of phenolic OH excluding ortho intramolecular Hbond substituents is 1. The number of nitrogens with zero attached hydrogens (tertiary/aromatic N) is 1. The van der Waals surface area contributed by atoms with Gasteiger partial charge in [-0.15, -0.1) is 0 Å². The molecule has 2 aromatic rings. The van der Waals surface area contributed by atoms with E-state index in [9.17, 15) is 14.7 Å². The van der Waals surface area contributed by atoms with Crippen molar-refractivity contribution in [1.82, 2.24) is 0 Å². The number of para-hydroxylation sites is 1. The zero-order valence-electron chi connectivity index (χ0n) is 23.2. The lowest BCUT2D eigenvalue weighted by atomic mass is 9.69. The number of methoxy groups -OCH3 is 2. The number of hydrogen-bond acceptors (Lipinski definition) is 6. The van der Waals surface area contributed by atoms with Crippen LogP contribution in [-0.4, -0.2) is 50.5 Å². The Morgan fingerprint density at radius 2 is 1.90 bits per heavy atom. The monoisotopic (exact) mass is 657 g/mol. The molecule has 2 aromatic carbocycles. The van der Waals surface area contributed by atoms with Crippen molar-refractivity contribution < 1.29 is 28.9 Å². The molecule has 0 radical (unpaired) electrons. The van der Waals surface area contributed by atoms with Crippen LogP contribution >= 0.6 is 22.6 Å². The zero-order chi connectivity index (χ0) is 28.4. The number of rotatable bonds is 10. The smallest absolute Gasteiger partial charge is 0.238 e. The number of fused-ring (bicyclic) bond motifs is 3. The molecule has 1 N–H and O–H groups in total. The van der Waals surface area contributed by atoms with E-state index in [0.29, 0.717) is 31.1 Å². The molecule has 212 valence electrons. The second-order valence-electron chi connectivity index (χ2n) is 10.7. The lowest BCUT2D eigenvalue weighted by Gasteiger charge is -2.31. The van der Waals surface area contributed by atoms with Gasteiger partial charge in [-0.05, 0) is 89.2 Å². The summed E-state index contributed by atoms with van der Waals surface area (Å²) in [5, 5.41) is 10.2. The van der Waals surface area contributed by atoms with Gasteiger partial charge in [0.2, 0.25) is 11.8 Å². The van der Waals surface area contributed by atoms with E-state index < -0.39 is 5.92 Å². The maximum atomic E-state index is 13.7. The summed E-state index contributed by atoms with van der Waals surface area (Å²) in [6.07, 6.45) is 6.19.